The van der Waals surface area contributed by atoms with Gasteiger partial charge in [0.2, 0.25) is 15.0 Å². The normalized spacial score (nSPS) is 12.1. The van der Waals surface area contributed by atoms with Crippen molar-refractivity contribution in [1.82, 2.24) is 24.4 Å². The highest BCUT2D eigenvalue weighted by Gasteiger charge is 2.22. The Morgan fingerprint density at radius 3 is 2.55 bits per heavy atom. The third kappa shape index (κ3) is 4.86. The minimum Gasteiger partial charge on any atom is -0.342 e. The summed E-state index contributed by atoms with van der Waals surface area (Å²) < 4.78 is 27.0. The molecule has 0 amide bonds. The van der Waals surface area contributed by atoms with Crippen LogP contribution in [0.5, 0.6) is 0 Å². The Morgan fingerprint density at radius 1 is 1.06 bits per heavy atom. The number of aromatic amines is 1. The number of para-hydroxylation sites is 2. The molecule has 2 aromatic heterocycles. The Bertz CT molecular complexity index is 1230. The van der Waals surface area contributed by atoms with Crippen molar-refractivity contribution in [2.75, 3.05) is 19.3 Å². The molecule has 0 bridgehead atoms. The fourth-order valence-corrected chi connectivity index (χ4v) is 4.60. The van der Waals surface area contributed by atoms with Gasteiger partial charge < -0.3 is 14.5 Å². The van der Waals surface area contributed by atoms with Crippen molar-refractivity contribution in [3.63, 3.8) is 0 Å². The van der Waals surface area contributed by atoms with Crippen molar-refractivity contribution < 1.29 is 8.42 Å². The summed E-state index contributed by atoms with van der Waals surface area (Å²) in [5.74, 6) is 0.972. The van der Waals surface area contributed by atoms with E-state index in [4.69, 9.17) is 0 Å². The maximum Gasteiger partial charge on any atom is 0.228 e. The number of hydrogen-bond acceptors (Lipinski definition) is 5. The average Bonchev–Trinajstić information content (AvgIpc) is 3.37. The zero-order valence-corrected chi connectivity index (χ0v) is 18.6. The van der Waals surface area contributed by atoms with Gasteiger partial charge in [0.1, 0.15) is 5.82 Å². The van der Waals surface area contributed by atoms with Gasteiger partial charge in [-0.1, -0.05) is 49.4 Å². The summed E-state index contributed by atoms with van der Waals surface area (Å²) in [6.07, 6.45) is 2.46. The molecule has 162 valence electrons. The molecular weight excluding hydrogens is 410 g/mol. The van der Waals surface area contributed by atoms with Crippen molar-refractivity contribution in [3.05, 3.63) is 77.9 Å². The van der Waals surface area contributed by atoms with Crippen LogP contribution in [0.15, 0.2) is 66.0 Å². The molecule has 0 aliphatic heterocycles. The van der Waals surface area contributed by atoms with Gasteiger partial charge in [-0.15, -0.1) is 0 Å². The molecule has 0 saturated heterocycles. The highest BCUT2D eigenvalue weighted by atomic mass is 32.2. The van der Waals surface area contributed by atoms with Crippen molar-refractivity contribution in [2.45, 2.75) is 31.6 Å². The van der Waals surface area contributed by atoms with Crippen LogP contribution in [0.2, 0.25) is 0 Å². The molecule has 0 aliphatic rings. The number of H-pyrrole nitrogens is 1. The molecule has 7 nitrogen and oxygen atoms in total. The van der Waals surface area contributed by atoms with E-state index < -0.39 is 9.84 Å². The molecule has 2 heterocycles. The van der Waals surface area contributed by atoms with Crippen LogP contribution in [0.4, 0.5) is 0 Å². The molecule has 0 fully saturated rings. The number of benzene rings is 2. The van der Waals surface area contributed by atoms with Crippen LogP contribution in [0.1, 0.15) is 24.0 Å². The highest BCUT2D eigenvalue weighted by molar-refractivity contribution is 7.91. The van der Waals surface area contributed by atoms with E-state index in [-0.39, 0.29) is 10.9 Å². The summed E-state index contributed by atoms with van der Waals surface area (Å²) in [5, 5.41) is 0.138. The average molecular weight is 438 g/mol. The van der Waals surface area contributed by atoms with Crippen LogP contribution in [0.25, 0.3) is 11.0 Å². The zero-order chi connectivity index (χ0) is 21.8. The number of aromatic nitrogens is 4. The number of rotatable bonds is 9. The van der Waals surface area contributed by atoms with Gasteiger partial charge in [-0.05, 0) is 24.7 Å². The number of hydrogen-bond donors (Lipinski definition) is 1. The molecule has 0 spiro atoms. The van der Waals surface area contributed by atoms with Crippen LogP contribution in [0.3, 0.4) is 0 Å². The lowest BCUT2D eigenvalue weighted by Gasteiger charge is -2.18. The van der Waals surface area contributed by atoms with Crippen molar-refractivity contribution >= 4 is 20.9 Å². The molecule has 0 radical (unpaired) electrons. The first-order valence-corrected chi connectivity index (χ1v) is 12.0. The first kappa shape index (κ1) is 21.3. The first-order chi connectivity index (χ1) is 15.0. The van der Waals surface area contributed by atoms with Gasteiger partial charge in [0.15, 0.2) is 0 Å². The number of sulfone groups is 1. The van der Waals surface area contributed by atoms with E-state index >= 15 is 0 Å². The van der Waals surface area contributed by atoms with E-state index in [1.165, 1.54) is 0 Å². The van der Waals surface area contributed by atoms with E-state index in [2.05, 4.69) is 19.9 Å². The minimum absolute atomic E-state index is 0.0279. The second kappa shape index (κ2) is 9.03. The third-order valence-electron chi connectivity index (χ3n) is 5.34. The van der Waals surface area contributed by atoms with Gasteiger partial charge >= 0.3 is 0 Å². The highest BCUT2D eigenvalue weighted by Crippen LogP contribution is 2.18. The second-order valence-corrected chi connectivity index (χ2v) is 9.87. The molecule has 8 heteroatoms. The van der Waals surface area contributed by atoms with Crippen LogP contribution < -0.4 is 0 Å². The summed E-state index contributed by atoms with van der Waals surface area (Å²) in [5.41, 5.74) is 3.92. The number of imidazole rings is 2. The van der Waals surface area contributed by atoms with E-state index in [1.807, 2.05) is 66.2 Å². The van der Waals surface area contributed by atoms with Gasteiger partial charge in [0.05, 0.1) is 35.2 Å². The first-order valence-electron chi connectivity index (χ1n) is 10.4. The molecule has 1 N–H and O–H groups in total. The Morgan fingerprint density at radius 2 is 1.81 bits per heavy atom. The smallest absolute Gasteiger partial charge is 0.228 e. The minimum atomic E-state index is -3.42. The van der Waals surface area contributed by atoms with Gasteiger partial charge in [-0.25, -0.2) is 18.4 Å². The molecule has 2 aromatic carbocycles. The Kier molecular flexibility index (Phi) is 6.20. The number of nitrogens with zero attached hydrogens (tertiary/aromatic N) is 4. The molecule has 4 rings (SSSR count). The topological polar surface area (TPSA) is 83.9 Å². The van der Waals surface area contributed by atoms with Crippen LogP contribution in [-0.2, 0) is 29.3 Å². The number of fused-ring (bicyclic) bond motifs is 1. The Balaban J connectivity index is 1.51. The maximum atomic E-state index is 12.6. The largest absolute Gasteiger partial charge is 0.342 e. The summed E-state index contributed by atoms with van der Waals surface area (Å²) >= 11 is 0. The van der Waals surface area contributed by atoms with Gasteiger partial charge in [0.25, 0.3) is 0 Å². The lowest BCUT2D eigenvalue weighted by molar-refractivity contribution is 0.318. The molecule has 0 atom stereocenters. The molecule has 0 saturated carbocycles. The number of nitrogens with one attached hydrogen (secondary N) is 1. The molecule has 4 aromatic rings. The van der Waals surface area contributed by atoms with Crippen LogP contribution >= 0.6 is 0 Å². The standard InChI is InChI=1S/C23H27N5O2S/c1-3-31(29,30)23-24-15-19(28(23)16-18-9-5-4-6-10-18)17-27(2)14-13-22-25-20-11-7-8-12-21(20)26-22/h4-12,15H,3,13-14,16-17H2,1-2H3,(H,25,26). The number of likely N-dealkylation sites (N-methyl/N-ethyl adjacent to an activating group) is 1. The van der Waals surface area contributed by atoms with Crippen molar-refractivity contribution in [3.8, 4) is 0 Å². The van der Waals surface area contributed by atoms with Crippen LogP contribution in [-0.4, -0.2) is 52.2 Å². The second-order valence-electron chi connectivity index (χ2n) is 7.70. The van der Waals surface area contributed by atoms with Crippen LogP contribution in [0, 0.1) is 0 Å². The Labute approximate surface area is 182 Å². The summed E-state index contributed by atoms with van der Waals surface area (Å²) in [6, 6.07) is 17.9. The molecule has 0 aliphatic carbocycles. The van der Waals surface area contributed by atoms with Gasteiger partial charge in [0, 0.05) is 19.5 Å². The summed E-state index contributed by atoms with van der Waals surface area (Å²) in [6.45, 7) is 3.50. The fraction of sp³-hybridized carbons (Fsp3) is 0.304. The summed E-state index contributed by atoms with van der Waals surface area (Å²) in [4.78, 5) is 14.4. The van der Waals surface area contributed by atoms with E-state index in [9.17, 15) is 8.42 Å². The van der Waals surface area contributed by atoms with Crippen molar-refractivity contribution in [1.29, 1.82) is 0 Å². The predicted octanol–water partition coefficient (Wildman–Crippen LogP) is 3.28. The summed E-state index contributed by atoms with van der Waals surface area (Å²) in [7, 11) is -1.39. The monoisotopic (exact) mass is 437 g/mol. The predicted molar refractivity (Wildman–Crippen MR) is 122 cm³/mol. The SMILES string of the molecule is CCS(=O)(=O)c1ncc(CN(C)CCc2nc3ccccc3[nH]2)n1Cc1ccccc1. The molecular formula is C23H27N5O2S. The fourth-order valence-electron chi connectivity index (χ4n) is 3.61. The maximum absolute atomic E-state index is 12.6. The molecule has 0 unspecified atom stereocenters. The van der Waals surface area contributed by atoms with E-state index in [0.717, 1.165) is 41.1 Å². The van der Waals surface area contributed by atoms with E-state index in [1.54, 1.807) is 13.1 Å². The van der Waals surface area contributed by atoms with Crippen molar-refractivity contribution in [2.24, 2.45) is 0 Å². The van der Waals surface area contributed by atoms with Gasteiger partial charge in [-0.2, -0.15) is 0 Å². The Hall–Kier alpha value is -2.97. The van der Waals surface area contributed by atoms with Gasteiger partial charge in [-0.3, -0.25) is 0 Å². The zero-order valence-electron chi connectivity index (χ0n) is 17.8. The lowest BCUT2D eigenvalue weighted by Crippen LogP contribution is -2.24. The quantitative estimate of drug-likeness (QED) is 0.434. The van der Waals surface area contributed by atoms with E-state index in [0.29, 0.717) is 13.1 Å². The molecule has 31 heavy (non-hydrogen) atoms. The lowest BCUT2D eigenvalue weighted by atomic mass is 10.2. The third-order valence-corrected chi connectivity index (χ3v) is 6.99.